The van der Waals surface area contributed by atoms with Gasteiger partial charge in [0.15, 0.2) is 0 Å². The Morgan fingerprint density at radius 1 is 1.23 bits per heavy atom. The molecule has 5 rings (SSSR count). The largest absolute Gasteiger partial charge is 0.388 e. The molecule has 2 aromatic heterocycles. The van der Waals surface area contributed by atoms with Crippen LogP contribution in [-0.4, -0.2) is 57.1 Å². The molecule has 39 heavy (non-hydrogen) atoms. The van der Waals surface area contributed by atoms with Gasteiger partial charge in [0.05, 0.1) is 22.1 Å². The number of halogens is 3. The molecule has 13 heteroatoms. The van der Waals surface area contributed by atoms with Gasteiger partial charge in [0.1, 0.15) is 5.65 Å². The van der Waals surface area contributed by atoms with Crippen LogP contribution in [0.15, 0.2) is 46.2 Å². The van der Waals surface area contributed by atoms with Crippen LogP contribution in [0.3, 0.4) is 0 Å². The van der Waals surface area contributed by atoms with E-state index in [9.17, 15) is 27.1 Å². The molecule has 1 saturated heterocycles. The minimum absolute atomic E-state index is 0.127. The first kappa shape index (κ1) is 28.1. The number of nitrogens with one attached hydrogen (secondary N) is 1. The highest BCUT2D eigenvalue weighted by atomic mass is 79.9. The Morgan fingerprint density at radius 2 is 1.97 bits per heavy atom. The Morgan fingerprint density at radius 3 is 2.62 bits per heavy atom. The lowest BCUT2D eigenvalue weighted by molar-refractivity contribution is 0.0261. The SMILES string of the molecule is C[C@@]1(O)CCC[C@H]1n1c(=O)c(C(F)F)cc2cnc(NC3CCN(S(=O)(=O)c4cccc(CBr)c4)CC3)nc21. The molecular formula is C26H30BrF2N5O4S. The number of nitrogens with zero attached hydrogens (tertiary/aromatic N) is 4. The summed E-state index contributed by atoms with van der Waals surface area (Å²) < 4.78 is 56.3. The Labute approximate surface area is 233 Å². The van der Waals surface area contributed by atoms with Crippen molar-refractivity contribution in [1.82, 2.24) is 18.8 Å². The fourth-order valence-electron chi connectivity index (χ4n) is 5.56. The predicted molar refractivity (Wildman–Crippen MR) is 147 cm³/mol. The highest BCUT2D eigenvalue weighted by molar-refractivity contribution is 9.08. The third-order valence-electron chi connectivity index (χ3n) is 7.70. The van der Waals surface area contributed by atoms with Crippen molar-refractivity contribution in [2.45, 2.75) is 73.4 Å². The summed E-state index contributed by atoms with van der Waals surface area (Å²) in [6.45, 7) is 2.22. The molecule has 210 valence electrons. The lowest BCUT2D eigenvalue weighted by Crippen LogP contribution is -2.42. The molecule has 0 unspecified atom stereocenters. The Kier molecular flexibility index (Phi) is 7.79. The van der Waals surface area contributed by atoms with E-state index in [0.29, 0.717) is 50.5 Å². The van der Waals surface area contributed by atoms with Crippen LogP contribution >= 0.6 is 15.9 Å². The normalized spacial score (nSPS) is 23.1. The molecular weight excluding hydrogens is 596 g/mol. The zero-order chi connectivity index (χ0) is 27.9. The molecule has 2 N–H and O–H groups in total. The van der Waals surface area contributed by atoms with Crippen molar-refractivity contribution < 1.29 is 22.3 Å². The maximum absolute atomic E-state index is 13.7. The van der Waals surface area contributed by atoms with Crippen molar-refractivity contribution >= 4 is 42.9 Å². The number of piperidine rings is 1. The van der Waals surface area contributed by atoms with E-state index in [0.717, 1.165) is 11.6 Å². The van der Waals surface area contributed by atoms with Gasteiger partial charge in [0.25, 0.3) is 12.0 Å². The second-order valence-electron chi connectivity index (χ2n) is 10.4. The number of benzene rings is 1. The Hall–Kier alpha value is -2.48. The van der Waals surface area contributed by atoms with E-state index in [1.807, 2.05) is 6.07 Å². The summed E-state index contributed by atoms with van der Waals surface area (Å²) in [5.74, 6) is 0.212. The van der Waals surface area contributed by atoms with Gasteiger partial charge in [0, 0.05) is 36.0 Å². The summed E-state index contributed by atoms with van der Waals surface area (Å²) in [4.78, 5) is 22.2. The number of rotatable bonds is 7. The van der Waals surface area contributed by atoms with E-state index in [1.54, 1.807) is 25.1 Å². The van der Waals surface area contributed by atoms with Gasteiger partial charge in [-0.2, -0.15) is 9.29 Å². The third kappa shape index (κ3) is 5.46. The summed E-state index contributed by atoms with van der Waals surface area (Å²) in [7, 11) is -3.63. The van der Waals surface area contributed by atoms with Crippen molar-refractivity contribution in [3.8, 4) is 0 Å². The summed E-state index contributed by atoms with van der Waals surface area (Å²) in [5, 5.41) is 15.0. The van der Waals surface area contributed by atoms with Gasteiger partial charge in [0.2, 0.25) is 16.0 Å². The molecule has 3 aromatic rings. The maximum atomic E-state index is 13.7. The average molecular weight is 627 g/mol. The number of sulfonamides is 1. The molecule has 0 radical (unpaired) electrons. The number of fused-ring (bicyclic) bond motifs is 1. The standard InChI is InChI=1S/C26H30BrF2N5O4S/c1-26(36)9-3-6-21(26)34-23-17(13-20(22(28)29)24(34)35)15-30-25(32-23)31-18-7-10-33(11-8-18)39(37,38)19-5-2-4-16(12-19)14-27/h2,4-5,12-13,15,18,21-22,36H,3,6-11,14H2,1H3,(H,30,31,32)/t21-,26-/m1/s1. The highest BCUT2D eigenvalue weighted by Gasteiger charge is 2.40. The van der Waals surface area contributed by atoms with Crippen LogP contribution in [0.4, 0.5) is 14.7 Å². The van der Waals surface area contributed by atoms with Crippen molar-refractivity contribution in [2.24, 2.45) is 0 Å². The quantitative estimate of drug-likeness (QED) is 0.375. The summed E-state index contributed by atoms with van der Waals surface area (Å²) >= 11 is 3.36. The number of alkyl halides is 3. The zero-order valence-corrected chi connectivity index (χ0v) is 23.8. The number of aliphatic hydroxyl groups is 1. The van der Waals surface area contributed by atoms with Crippen LogP contribution < -0.4 is 10.9 Å². The minimum atomic E-state index is -3.63. The predicted octanol–water partition coefficient (Wildman–Crippen LogP) is 4.37. The minimum Gasteiger partial charge on any atom is -0.388 e. The zero-order valence-electron chi connectivity index (χ0n) is 21.4. The second kappa shape index (κ2) is 10.8. The molecule has 9 nitrogen and oxygen atoms in total. The van der Waals surface area contributed by atoms with Gasteiger partial charge in [-0.1, -0.05) is 28.1 Å². The molecule has 0 bridgehead atoms. The molecule has 2 atom stereocenters. The second-order valence-corrected chi connectivity index (χ2v) is 12.9. The van der Waals surface area contributed by atoms with Crippen LogP contribution in [0, 0.1) is 0 Å². The molecule has 0 amide bonds. The third-order valence-corrected chi connectivity index (χ3v) is 10.2. The first-order valence-electron chi connectivity index (χ1n) is 12.9. The summed E-state index contributed by atoms with van der Waals surface area (Å²) in [5.41, 5.74) is -1.69. The molecule has 0 spiro atoms. The molecule has 3 heterocycles. The fourth-order valence-corrected chi connectivity index (χ4v) is 7.45. The van der Waals surface area contributed by atoms with E-state index in [2.05, 4.69) is 31.2 Å². The number of hydrogen-bond donors (Lipinski definition) is 2. The first-order valence-corrected chi connectivity index (χ1v) is 15.4. The fraction of sp³-hybridized carbons (Fsp3) is 0.500. The lowest BCUT2D eigenvalue weighted by Gasteiger charge is -2.32. The smallest absolute Gasteiger partial charge is 0.269 e. The lowest BCUT2D eigenvalue weighted by atomic mass is 9.99. The highest BCUT2D eigenvalue weighted by Crippen LogP contribution is 2.40. The van der Waals surface area contributed by atoms with E-state index in [1.165, 1.54) is 15.1 Å². The number of hydrogen-bond acceptors (Lipinski definition) is 7. The van der Waals surface area contributed by atoms with Crippen LogP contribution in [-0.2, 0) is 15.4 Å². The van der Waals surface area contributed by atoms with Gasteiger partial charge >= 0.3 is 0 Å². The van der Waals surface area contributed by atoms with E-state index >= 15 is 0 Å². The molecule has 1 aliphatic heterocycles. The van der Waals surface area contributed by atoms with Gasteiger partial charge in [-0.15, -0.1) is 0 Å². The Bertz CT molecular complexity index is 1540. The van der Waals surface area contributed by atoms with Crippen molar-refractivity contribution in [3.63, 3.8) is 0 Å². The van der Waals surface area contributed by atoms with E-state index in [-0.39, 0.29) is 27.9 Å². The van der Waals surface area contributed by atoms with Crippen molar-refractivity contribution in [3.05, 3.63) is 58.0 Å². The number of pyridine rings is 1. The topological polar surface area (TPSA) is 117 Å². The van der Waals surface area contributed by atoms with Crippen molar-refractivity contribution in [2.75, 3.05) is 18.4 Å². The van der Waals surface area contributed by atoms with Gasteiger partial charge in [-0.05, 0) is 62.8 Å². The van der Waals surface area contributed by atoms with Crippen LogP contribution in [0.5, 0.6) is 0 Å². The van der Waals surface area contributed by atoms with Crippen LogP contribution in [0.25, 0.3) is 11.0 Å². The molecule has 1 aromatic carbocycles. The first-order chi connectivity index (χ1) is 18.5. The molecule has 2 fully saturated rings. The molecule has 1 aliphatic carbocycles. The van der Waals surface area contributed by atoms with Gasteiger partial charge in [-0.25, -0.2) is 22.2 Å². The Balaban J connectivity index is 1.38. The van der Waals surface area contributed by atoms with Crippen molar-refractivity contribution in [1.29, 1.82) is 0 Å². The molecule has 1 saturated carbocycles. The molecule has 2 aliphatic rings. The van der Waals surface area contributed by atoms with Gasteiger partial charge in [-0.3, -0.25) is 9.36 Å². The van der Waals surface area contributed by atoms with Gasteiger partial charge < -0.3 is 10.4 Å². The number of aromatic nitrogens is 3. The maximum Gasteiger partial charge on any atom is 0.269 e. The monoisotopic (exact) mass is 625 g/mol. The number of anilines is 1. The average Bonchev–Trinajstić information content (AvgIpc) is 3.26. The van der Waals surface area contributed by atoms with E-state index < -0.39 is 39.2 Å². The van der Waals surface area contributed by atoms with Crippen LogP contribution in [0.2, 0.25) is 0 Å². The van der Waals surface area contributed by atoms with Crippen LogP contribution in [0.1, 0.15) is 62.6 Å². The summed E-state index contributed by atoms with van der Waals surface area (Å²) in [6, 6.07) is 7.13. The summed E-state index contributed by atoms with van der Waals surface area (Å²) in [6.07, 6.45) is 1.01. The van der Waals surface area contributed by atoms with E-state index in [4.69, 9.17) is 0 Å².